The molecule has 0 bridgehead atoms. The molecule has 1 aromatic carbocycles. The lowest BCUT2D eigenvalue weighted by atomic mass is 10.1. The second-order valence-electron chi connectivity index (χ2n) is 5.98. The molecule has 2 atom stereocenters. The van der Waals surface area contributed by atoms with Crippen molar-refractivity contribution >= 4 is 22.9 Å². The maximum absolute atomic E-state index is 11.1. The third-order valence-electron chi connectivity index (χ3n) is 4.29. The molecule has 138 valence electrons. The van der Waals surface area contributed by atoms with Crippen molar-refractivity contribution in [2.45, 2.75) is 25.5 Å². The van der Waals surface area contributed by atoms with Gasteiger partial charge in [0.15, 0.2) is 0 Å². The molecule has 3 rings (SSSR count). The maximum atomic E-state index is 11.1. The highest BCUT2D eigenvalue weighted by Gasteiger charge is 2.31. The highest BCUT2D eigenvalue weighted by molar-refractivity contribution is 5.89. The van der Waals surface area contributed by atoms with E-state index in [-0.39, 0.29) is 6.10 Å². The number of rotatable bonds is 7. The molecule has 2 N–H and O–H groups in total. The molecular formula is C19H22N2O5. The molecule has 1 aliphatic heterocycles. The van der Waals surface area contributed by atoms with E-state index in [4.69, 9.17) is 19.3 Å². The molecule has 0 saturated carbocycles. The maximum Gasteiger partial charge on any atom is 0.320 e. The van der Waals surface area contributed by atoms with Gasteiger partial charge in [-0.15, -0.1) is 0 Å². The van der Waals surface area contributed by atoms with E-state index in [1.165, 1.54) is 0 Å². The number of pyridine rings is 1. The number of carboxylic acid groups (broad SMARTS) is 1. The summed E-state index contributed by atoms with van der Waals surface area (Å²) < 4.78 is 17.0. The molecule has 1 aromatic heterocycles. The topological polar surface area (TPSA) is 89.9 Å². The van der Waals surface area contributed by atoms with Crippen LogP contribution in [0, 0.1) is 0 Å². The average molecular weight is 358 g/mol. The van der Waals surface area contributed by atoms with Crippen molar-refractivity contribution in [1.82, 2.24) is 10.3 Å². The van der Waals surface area contributed by atoms with Crippen LogP contribution in [0.2, 0.25) is 0 Å². The summed E-state index contributed by atoms with van der Waals surface area (Å²) in [7, 11) is 1.59. The minimum Gasteiger partial charge on any atom is -0.496 e. The van der Waals surface area contributed by atoms with Crippen LogP contribution in [0.25, 0.3) is 17.0 Å². The van der Waals surface area contributed by atoms with E-state index in [1.807, 2.05) is 19.1 Å². The number of aromatic nitrogens is 1. The molecule has 1 saturated heterocycles. The van der Waals surface area contributed by atoms with Gasteiger partial charge in [-0.05, 0) is 13.0 Å². The van der Waals surface area contributed by atoms with Crippen molar-refractivity contribution in [2.75, 3.05) is 20.3 Å². The van der Waals surface area contributed by atoms with Gasteiger partial charge in [-0.2, -0.15) is 0 Å². The number of nitrogens with zero attached hydrogens (tertiary/aromatic N) is 1. The molecule has 7 heteroatoms. The predicted molar refractivity (Wildman–Crippen MR) is 98.0 cm³/mol. The van der Waals surface area contributed by atoms with Gasteiger partial charge in [-0.3, -0.25) is 4.79 Å². The van der Waals surface area contributed by atoms with Crippen LogP contribution >= 0.6 is 0 Å². The number of benzene rings is 1. The Balaban J connectivity index is 2.01. The zero-order valence-electron chi connectivity index (χ0n) is 14.8. The van der Waals surface area contributed by atoms with Gasteiger partial charge >= 0.3 is 5.97 Å². The number of methoxy groups -OCH3 is 1. The number of carboxylic acids is 1. The Labute approximate surface area is 151 Å². The SMILES string of the molecule is C=Cc1cc2c(O[C@H]3CN[C@H](C(=O)O)C3)cc(OCC)nc2cc1OC. The first-order valence-electron chi connectivity index (χ1n) is 8.46. The Bertz CT molecular complexity index is 836. The monoisotopic (exact) mass is 358 g/mol. The molecule has 2 aromatic rings. The van der Waals surface area contributed by atoms with Crippen LogP contribution < -0.4 is 19.5 Å². The first kappa shape index (κ1) is 18.0. The van der Waals surface area contributed by atoms with E-state index >= 15 is 0 Å². The molecule has 0 spiro atoms. The molecule has 26 heavy (non-hydrogen) atoms. The van der Waals surface area contributed by atoms with Crippen LogP contribution in [-0.2, 0) is 4.79 Å². The van der Waals surface area contributed by atoms with Gasteiger partial charge in [-0.25, -0.2) is 4.98 Å². The fourth-order valence-corrected chi connectivity index (χ4v) is 3.03. The van der Waals surface area contributed by atoms with Crippen LogP contribution in [-0.4, -0.2) is 48.5 Å². The molecule has 1 aliphatic rings. The lowest BCUT2D eigenvalue weighted by Gasteiger charge is -2.17. The van der Waals surface area contributed by atoms with Crippen molar-refractivity contribution in [2.24, 2.45) is 0 Å². The van der Waals surface area contributed by atoms with Crippen molar-refractivity contribution < 1.29 is 24.1 Å². The van der Waals surface area contributed by atoms with Crippen LogP contribution in [0.15, 0.2) is 24.8 Å². The minimum absolute atomic E-state index is 0.245. The van der Waals surface area contributed by atoms with Crippen molar-refractivity contribution in [1.29, 1.82) is 0 Å². The van der Waals surface area contributed by atoms with E-state index in [0.29, 0.717) is 42.5 Å². The summed E-state index contributed by atoms with van der Waals surface area (Å²) in [6, 6.07) is 4.85. The molecule has 7 nitrogen and oxygen atoms in total. The standard InChI is InChI=1S/C19H22N2O5/c1-4-11-6-13-14(8-16(11)24-3)21-18(25-5-2)9-17(13)26-12-7-15(19(22)23)20-10-12/h4,6,8-9,12,15,20H,1,5,7,10H2,2-3H3,(H,22,23)/t12-,15+/m1/s1. The van der Waals surface area contributed by atoms with Gasteiger partial charge in [0.1, 0.15) is 23.6 Å². The number of aliphatic carboxylic acids is 1. The molecular weight excluding hydrogens is 336 g/mol. The van der Waals surface area contributed by atoms with Crippen LogP contribution in [0.5, 0.6) is 17.4 Å². The number of nitrogens with one attached hydrogen (secondary N) is 1. The minimum atomic E-state index is -0.871. The van der Waals surface area contributed by atoms with Gasteiger partial charge in [0.2, 0.25) is 5.88 Å². The van der Waals surface area contributed by atoms with Crippen molar-refractivity contribution in [3.8, 4) is 17.4 Å². The van der Waals surface area contributed by atoms with E-state index in [1.54, 1.807) is 19.3 Å². The first-order chi connectivity index (χ1) is 12.5. The number of hydrogen-bond acceptors (Lipinski definition) is 6. The van der Waals surface area contributed by atoms with Crippen LogP contribution in [0.4, 0.5) is 0 Å². The highest BCUT2D eigenvalue weighted by Crippen LogP contribution is 2.35. The second-order valence-corrected chi connectivity index (χ2v) is 5.98. The normalized spacial score (nSPS) is 19.3. The van der Waals surface area contributed by atoms with Gasteiger partial charge < -0.3 is 24.6 Å². The predicted octanol–water partition coefficient (Wildman–Crippen LogP) is 2.48. The van der Waals surface area contributed by atoms with Crippen molar-refractivity contribution in [3.63, 3.8) is 0 Å². The van der Waals surface area contributed by atoms with E-state index in [0.717, 1.165) is 10.9 Å². The molecule has 1 fully saturated rings. The van der Waals surface area contributed by atoms with Crippen LogP contribution in [0.1, 0.15) is 18.9 Å². The lowest BCUT2D eigenvalue weighted by Crippen LogP contribution is -2.30. The summed E-state index contributed by atoms with van der Waals surface area (Å²) in [6.45, 7) is 6.64. The summed E-state index contributed by atoms with van der Waals surface area (Å²) in [5.41, 5.74) is 1.50. The molecule has 2 heterocycles. The number of hydrogen-bond donors (Lipinski definition) is 2. The Morgan fingerprint density at radius 1 is 1.42 bits per heavy atom. The summed E-state index contributed by atoms with van der Waals surface area (Å²) in [4.78, 5) is 15.6. The van der Waals surface area contributed by atoms with Gasteiger partial charge in [-0.1, -0.05) is 12.7 Å². The average Bonchev–Trinajstić information content (AvgIpc) is 3.10. The molecule has 0 aliphatic carbocycles. The Morgan fingerprint density at radius 2 is 2.23 bits per heavy atom. The first-order valence-corrected chi connectivity index (χ1v) is 8.46. The number of carbonyl (C=O) groups is 1. The molecule has 0 amide bonds. The van der Waals surface area contributed by atoms with Gasteiger partial charge in [0, 0.05) is 36.0 Å². The van der Waals surface area contributed by atoms with Gasteiger partial charge in [0.05, 0.1) is 19.2 Å². The zero-order chi connectivity index (χ0) is 18.7. The van der Waals surface area contributed by atoms with Crippen LogP contribution in [0.3, 0.4) is 0 Å². The Morgan fingerprint density at radius 3 is 2.85 bits per heavy atom. The van der Waals surface area contributed by atoms with Crippen molar-refractivity contribution in [3.05, 3.63) is 30.3 Å². The summed E-state index contributed by atoms with van der Waals surface area (Å²) in [5, 5.41) is 12.9. The summed E-state index contributed by atoms with van der Waals surface area (Å²) >= 11 is 0. The highest BCUT2D eigenvalue weighted by atomic mass is 16.5. The third-order valence-corrected chi connectivity index (χ3v) is 4.29. The largest absolute Gasteiger partial charge is 0.496 e. The smallest absolute Gasteiger partial charge is 0.320 e. The zero-order valence-corrected chi connectivity index (χ0v) is 14.8. The number of ether oxygens (including phenoxy) is 3. The summed E-state index contributed by atoms with van der Waals surface area (Å²) in [5.74, 6) is 0.837. The third kappa shape index (κ3) is 3.57. The summed E-state index contributed by atoms with van der Waals surface area (Å²) in [6.07, 6.45) is 1.86. The van der Waals surface area contributed by atoms with E-state index < -0.39 is 12.0 Å². The fraction of sp³-hybridized carbons (Fsp3) is 0.368. The number of fused-ring (bicyclic) bond motifs is 1. The second kappa shape index (κ2) is 7.61. The quantitative estimate of drug-likeness (QED) is 0.786. The Kier molecular flexibility index (Phi) is 5.27. The molecule has 0 unspecified atom stereocenters. The fourth-order valence-electron chi connectivity index (χ4n) is 3.03. The molecule has 0 radical (unpaired) electrons. The lowest BCUT2D eigenvalue weighted by molar-refractivity contribution is -0.139. The van der Waals surface area contributed by atoms with E-state index in [2.05, 4.69) is 16.9 Å². The Hall–Kier alpha value is -2.80. The van der Waals surface area contributed by atoms with E-state index in [9.17, 15) is 4.79 Å². The van der Waals surface area contributed by atoms with Gasteiger partial charge in [0.25, 0.3) is 0 Å².